The van der Waals surface area contributed by atoms with Crippen molar-refractivity contribution in [2.45, 2.75) is 44.4 Å². The Hall–Kier alpha value is -3.08. The molecule has 3 atom stereocenters. The van der Waals surface area contributed by atoms with Crippen LogP contribution in [0.4, 0.5) is 0 Å². The molecule has 0 radical (unpaired) electrons. The van der Waals surface area contributed by atoms with E-state index in [1.165, 1.54) is 11.3 Å². The number of benzene rings is 1. The lowest BCUT2D eigenvalue weighted by atomic mass is 9.81. The summed E-state index contributed by atoms with van der Waals surface area (Å²) in [5.74, 6) is -0.804. The number of pyridine rings is 1. The maximum absolute atomic E-state index is 13.2. The summed E-state index contributed by atoms with van der Waals surface area (Å²) < 4.78 is 0. The van der Waals surface area contributed by atoms with Crippen LogP contribution in [0.1, 0.15) is 50.1 Å². The van der Waals surface area contributed by atoms with Gasteiger partial charge in [0.15, 0.2) is 5.01 Å². The Balaban J connectivity index is 1.33. The lowest BCUT2D eigenvalue weighted by Crippen LogP contribution is -2.56. The number of nitrogens with one attached hydrogen (secondary N) is 2. The van der Waals surface area contributed by atoms with E-state index >= 15 is 0 Å². The summed E-state index contributed by atoms with van der Waals surface area (Å²) in [7, 11) is 5.48. The van der Waals surface area contributed by atoms with E-state index in [2.05, 4.69) is 25.5 Å². The molecular formula is C26H29ClN6O3S. The molecule has 3 amide bonds. The van der Waals surface area contributed by atoms with Gasteiger partial charge in [0.1, 0.15) is 5.69 Å². The Morgan fingerprint density at radius 2 is 1.84 bits per heavy atom. The summed E-state index contributed by atoms with van der Waals surface area (Å²) in [5, 5.41) is 8.86. The van der Waals surface area contributed by atoms with Crippen molar-refractivity contribution < 1.29 is 14.4 Å². The molecule has 194 valence electrons. The summed E-state index contributed by atoms with van der Waals surface area (Å²) in [6.07, 6.45) is 3.24. The quantitative estimate of drug-likeness (QED) is 0.515. The lowest BCUT2D eigenvalue weighted by Gasteiger charge is -2.37. The Bertz CT molecular complexity index is 1350. The molecule has 1 saturated carbocycles. The Morgan fingerprint density at radius 1 is 1.05 bits per heavy atom. The average molecular weight is 541 g/mol. The molecule has 1 aliphatic carbocycles. The van der Waals surface area contributed by atoms with E-state index in [1.807, 2.05) is 13.1 Å². The fourth-order valence-corrected chi connectivity index (χ4v) is 6.32. The van der Waals surface area contributed by atoms with E-state index in [0.29, 0.717) is 29.3 Å². The van der Waals surface area contributed by atoms with E-state index in [0.717, 1.165) is 34.4 Å². The van der Waals surface area contributed by atoms with Crippen molar-refractivity contribution >= 4 is 51.4 Å². The van der Waals surface area contributed by atoms with Gasteiger partial charge in [-0.25, -0.2) is 4.98 Å². The highest BCUT2D eigenvalue weighted by Gasteiger charge is 2.37. The molecule has 0 bridgehead atoms. The first-order valence-electron chi connectivity index (χ1n) is 12.2. The van der Waals surface area contributed by atoms with Gasteiger partial charge in [-0.2, -0.15) is 0 Å². The van der Waals surface area contributed by atoms with Gasteiger partial charge in [-0.3, -0.25) is 24.3 Å². The second-order valence-electron chi connectivity index (χ2n) is 10.0. The van der Waals surface area contributed by atoms with Crippen molar-refractivity contribution in [1.29, 1.82) is 0 Å². The molecule has 37 heavy (non-hydrogen) atoms. The highest BCUT2D eigenvalue weighted by atomic mass is 35.5. The van der Waals surface area contributed by atoms with Crippen molar-refractivity contribution in [3.05, 3.63) is 56.8 Å². The van der Waals surface area contributed by atoms with Gasteiger partial charge in [-0.05, 0) is 49.9 Å². The smallest absolute Gasteiger partial charge is 0.280 e. The molecule has 3 aromatic rings. The van der Waals surface area contributed by atoms with Crippen molar-refractivity contribution in [2.24, 2.45) is 5.92 Å². The number of carbonyl (C=O) groups is 3. The molecule has 1 aromatic carbocycles. The van der Waals surface area contributed by atoms with Crippen LogP contribution >= 0.6 is 22.9 Å². The van der Waals surface area contributed by atoms with Gasteiger partial charge in [0, 0.05) is 60.6 Å². The minimum Gasteiger partial charge on any atom is -0.349 e. The van der Waals surface area contributed by atoms with Gasteiger partial charge >= 0.3 is 0 Å². The third-order valence-electron chi connectivity index (χ3n) is 7.00. The van der Waals surface area contributed by atoms with E-state index in [9.17, 15) is 14.4 Å². The van der Waals surface area contributed by atoms with E-state index in [-0.39, 0.29) is 35.4 Å². The minimum absolute atomic E-state index is 0.0233. The number of aromatic nitrogens is 2. The molecule has 2 N–H and O–H groups in total. The van der Waals surface area contributed by atoms with Crippen LogP contribution in [-0.2, 0) is 17.9 Å². The van der Waals surface area contributed by atoms with Gasteiger partial charge in [0.25, 0.3) is 11.8 Å². The number of hydrogen-bond donors (Lipinski definition) is 2. The van der Waals surface area contributed by atoms with Gasteiger partial charge < -0.3 is 15.5 Å². The third kappa shape index (κ3) is 5.46. The molecule has 1 aliphatic heterocycles. The Morgan fingerprint density at radius 3 is 2.59 bits per heavy atom. The van der Waals surface area contributed by atoms with Crippen LogP contribution < -0.4 is 10.6 Å². The maximum atomic E-state index is 13.2. The Labute approximate surface area is 224 Å². The first-order valence-corrected chi connectivity index (χ1v) is 13.4. The SMILES string of the molecule is CN1Cc2nc(C(=O)N[C@@H]3CC(C(=O)N(C)C)CC[C@@H]3NC(=O)c3cc4ccc(Cl)cc4cn3)sc2C1. The number of rotatable bonds is 5. The molecular weight excluding hydrogens is 512 g/mol. The first-order chi connectivity index (χ1) is 17.7. The summed E-state index contributed by atoms with van der Waals surface area (Å²) in [5.41, 5.74) is 1.22. The number of hydrogen-bond acceptors (Lipinski definition) is 7. The molecule has 3 heterocycles. The summed E-state index contributed by atoms with van der Waals surface area (Å²) in [6.45, 7) is 1.51. The molecule has 5 rings (SSSR count). The molecule has 0 spiro atoms. The van der Waals surface area contributed by atoms with Crippen LogP contribution in [0, 0.1) is 5.92 Å². The molecule has 11 heteroatoms. The van der Waals surface area contributed by atoms with Gasteiger partial charge in [-0.15, -0.1) is 11.3 Å². The van der Waals surface area contributed by atoms with Crippen LogP contribution in [0.25, 0.3) is 10.8 Å². The predicted octanol–water partition coefficient (Wildman–Crippen LogP) is 3.08. The largest absolute Gasteiger partial charge is 0.349 e. The van der Waals surface area contributed by atoms with Crippen molar-refractivity contribution in [2.75, 3.05) is 21.1 Å². The predicted molar refractivity (Wildman–Crippen MR) is 143 cm³/mol. The van der Waals surface area contributed by atoms with Crippen LogP contribution in [0.15, 0.2) is 30.5 Å². The van der Waals surface area contributed by atoms with E-state index in [1.54, 1.807) is 43.4 Å². The molecule has 9 nitrogen and oxygen atoms in total. The minimum atomic E-state index is -0.417. The zero-order chi connectivity index (χ0) is 26.3. The topological polar surface area (TPSA) is 108 Å². The van der Waals surface area contributed by atoms with Crippen molar-refractivity contribution in [3.8, 4) is 0 Å². The Kier molecular flexibility index (Phi) is 7.15. The number of amides is 3. The van der Waals surface area contributed by atoms with Crippen molar-refractivity contribution in [1.82, 2.24) is 30.4 Å². The summed E-state index contributed by atoms with van der Waals surface area (Å²) >= 11 is 7.46. The molecule has 2 aromatic heterocycles. The normalized spacial score (nSPS) is 21.5. The van der Waals surface area contributed by atoms with Gasteiger partial charge in [0.05, 0.1) is 11.7 Å². The highest BCUT2D eigenvalue weighted by Crippen LogP contribution is 2.29. The number of halogens is 1. The summed E-state index contributed by atoms with van der Waals surface area (Å²) in [6, 6.07) is 6.38. The molecule has 1 unspecified atom stereocenters. The van der Waals surface area contributed by atoms with E-state index < -0.39 is 6.04 Å². The van der Waals surface area contributed by atoms with E-state index in [4.69, 9.17) is 11.6 Å². The molecule has 1 fully saturated rings. The van der Waals surface area contributed by atoms with Crippen LogP contribution in [-0.4, -0.2) is 70.7 Å². The van der Waals surface area contributed by atoms with Crippen LogP contribution in [0.2, 0.25) is 5.02 Å². The third-order valence-corrected chi connectivity index (χ3v) is 8.31. The number of fused-ring (bicyclic) bond motifs is 2. The van der Waals surface area contributed by atoms with Gasteiger partial charge in [-0.1, -0.05) is 17.7 Å². The zero-order valence-corrected chi connectivity index (χ0v) is 22.5. The number of nitrogens with zero attached hydrogens (tertiary/aromatic N) is 4. The fourth-order valence-electron chi connectivity index (χ4n) is 5.09. The molecule has 2 aliphatic rings. The van der Waals surface area contributed by atoms with Crippen molar-refractivity contribution in [3.63, 3.8) is 0 Å². The van der Waals surface area contributed by atoms with Crippen LogP contribution in [0.3, 0.4) is 0 Å². The maximum Gasteiger partial charge on any atom is 0.280 e. The second kappa shape index (κ2) is 10.4. The first kappa shape index (κ1) is 25.6. The average Bonchev–Trinajstić information content (AvgIpc) is 3.41. The fraction of sp³-hybridized carbons (Fsp3) is 0.423. The number of carbonyl (C=O) groups excluding carboxylic acids is 3. The zero-order valence-electron chi connectivity index (χ0n) is 21.0. The highest BCUT2D eigenvalue weighted by molar-refractivity contribution is 7.13. The second-order valence-corrected chi connectivity index (χ2v) is 11.5. The number of thiazole rings is 1. The van der Waals surface area contributed by atoms with Gasteiger partial charge in [0.2, 0.25) is 5.91 Å². The standard InChI is InChI=1S/C26H29ClN6O3S/c1-32(2)26(36)15-5-7-18(29-23(34)20-9-14-4-6-17(27)8-16(14)11-28-20)19(10-15)30-24(35)25-31-21-12-33(3)13-22(21)37-25/h4,6,8-9,11,15,18-19H,5,7,10,12-13H2,1-3H3,(H,29,34)(H,30,35)/t15?,18-,19+/m0/s1. The molecule has 0 saturated heterocycles. The summed E-state index contributed by atoms with van der Waals surface area (Å²) in [4.78, 5) is 52.8. The van der Waals surface area contributed by atoms with Crippen LogP contribution in [0.5, 0.6) is 0 Å². The lowest BCUT2D eigenvalue weighted by molar-refractivity contribution is -0.134. The monoisotopic (exact) mass is 540 g/mol.